The number of hydrogen-bond donors (Lipinski definition) is 0. The third-order valence-electron chi connectivity index (χ3n) is 2.54. The molecule has 1 fully saturated rings. The molecule has 3 atom stereocenters. The number of epoxide rings is 1. The normalized spacial score (nSPS) is 24.2. The molecule has 1 heterocycles. The van der Waals surface area contributed by atoms with Crippen LogP contribution in [0.2, 0.25) is 12.1 Å². The molecule has 1 aliphatic heterocycles. The van der Waals surface area contributed by atoms with Gasteiger partial charge in [0.05, 0.1) is 19.3 Å². The molecule has 0 amide bonds. The molecule has 4 heteroatoms. The van der Waals surface area contributed by atoms with E-state index in [2.05, 4.69) is 34.6 Å². The highest BCUT2D eigenvalue weighted by Crippen LogP contribution is 2.17. The first-order valence-corrected chi connectivity index (χ1v) is 8.42. The maximum atomic E-state index is 6.11. The lowest BCUT2D eigenvalue weighted by molar-refractivity contribution is 0.0586. The van der Waals surface area contributed by atoms with Gasteiger partial charge in [-0.05, 0) is 39.8 Å². The zero-order valence-corrected chi connectivity index (χ0v) is 12.4. The lowest BCUT2D eigenvalue weighted by atomic mass is 10.2. The van der Waals surface area contributed by atoms with E-state index in [0.29, 0.717) is 12.2 Å². The van der Waals surface area contributed by atoms with Crippen molar-refractivity contribution in [3.05, 3.63) is 0 Å². The van der Waals surface area contributed by atoms with Crippen molar-refractivity contribution in [3.8, 4) is 0 Å². The SMILES string of the molecule is CC[SiH](CC(C)OCC1CO1)OC(C)(C)C. The van der Waals surface area contributed by atoms with Gasteiger partial charge in [0.15, 0.2) is 9.04 Å². The highest BCUT2D eigenvalue weighted by Gasteiger charge is 2.25. The lowest BCUT2D eigenvalue weighted by Gasteiger charge is -2.28. The molecule has 3 unspecified atom stereocenters. The third-order valence-corrected chi connectivity index (χ3v) is 5.68. The van der Waals surface area contributed by atoms with Gasteiger partial charge in [-0.3, -0.25) is 0 Å². The largest absolute Gasteiger partial charge is 0.415 e. The summed E-state index contributed by atoms with van der Waals surface area (Å²) in [6.07, 6.45) is 0.677. The van der Waals surface area contributed by atoms with Gasteiger partial charge >= 0.3 is 0 Å². The fourth-order valence-corrected chi connectivity index (χ4v) is 4.14. The Labute approximate surface area is 101 Å². The van der Waals surface area contributed by atoms with Crippen molar-refractivity contribution < 1.29 is 13.9 Å². The monoisotopic (exact) mass is 246 g/mol. The average Bonchev–Trinajstić information content (AvgIpc) is 2.95. The van der Waals surface area contributed by atoms with E-state index in [1.54, 1.807) is 0 Å². The standard InChI is InChI=1S/C12H26O3Si/c1-6-16(15-12(3,4)5)9-10(2)13-7-11-8-14-11/h10-11,16H,6-9H2,1-5H3. The molecule has 1 rings (SSSR count). The van der Waals surface area contributed by atoms with Crippen LogP contribution in [0.5, 0.6) is 0 Å². The molecule has 96 valence electrons. The molecular weight excluding hydrogens is 220 g/mol. The first-order valence-electron chi connectivity index (χ1n) is 6.31. The zero-order valence-electron chi connectivity index (χ0n) is 11.3. The summed E-state index contributed by atoms with van der Waals surface area (Å²) in [5.41, 5.74) is -0.00772. The summed E-state index contributed by atoms with van der Waals surface area (Å²) in [6, 6.07) is 2.27. The molecule has 0 saturated carbocycles. The second kappa shape index (κ2) is 6.14. The van der Waals surface area contributed by atoms with Gasteiger partial charge in [-0.2, -0.15) is 0 Å². The van der Waals surface area contributed by atoms with E-state index in [-0.39, 0.29) is 5.60 Å². The summed E-state index contributed by atoms with van der Waals surface area (Å²) in [5, 5.41) is 0. The van der Waals surface area contributed by atoms with Crippen LogP contribution >= 0.6 is 0 Å². The summed E-state index contributed by atoms with van der Waals surface area (Å²) in [5.74, 6) is 0. The summed E-state index contributed by atoms with van der Waals surface area (Å²) in [6.45, 7) is 12.4. The van der Waals surface area contributed by atoms with E-state index in [0.717, 1.165) is 19.3 Å². The first-order chi connectivity index (χ1) is 7.40. The highest BCUT2D eigenvalue weighted by atomic mass is 28.3. The van der Waals surface area contributed by atoms with E-state index in [4.69, 9.17) is 13.9 Å². The fourth-order valence-electron chi connectivity index (χ4n) is 1.67. The van der Waals surface area contributed by atoms with Gasteiger partial charge in [0.25, 0.3) is 0 Å². The molecule has 0 spiro atoms. The molecule has 0 N–H and O–H groups in total. The smallest absolute Gasteiger partial charge is 0.179 e. The zero-order chi connectivity index (χ0) is 12.2. The van der Waals surface area contributed by atoms with Crippen molar-refractivity contribution >= 4 is 9.04 Å². The van der Waals surface area contributed by atoms with Crippen molar-refractivity contribution in [2.45, 2.75) is 64.5 Å². The highest BCUT2D eigenvalue weighted by molar-refractivity contribution is 6.52. The van der Waals surface area contributed by atoms with Gasteiger partial charge in [-0.25, -0.2) is 0 Å². The predicted molar refractivity (Wildman–Crippen MR) is 68.4 cm³/mol. The topological polar surface area (TPSA) is 31.0 Å². The summed E-state index contributed by atoms with van der Waals surface area (Å²) in [7, 11) is -1.10. The Morgan fingerprint density at radius 1 is 1.44 bits per heavy atom. The lowest BCUT2D eigenvalue weighted by Crippen LogP contribution is -2.33. The van der Waals surface area contributed by atoms with Crippen LogP contribution in [-0.4, -0.2) is 40.1 Å². The van der Waals surface area contributed by atoms with Crippen LogP contribution in [0.25, 0.3) is 0 Å². The summed E-state index contributed by atoms with van der Waals surface area (Å²) >= 11 is 0. The molecule has 3 nitrogen and oxygen atoms in total. The number of ether oxygens (including phenoxy) is 2. The van der Waals surface area contributed by atoms with Crippen LogP contribution in [-0.2, 0) is 13.9 Å². The average molecular weight is 246 g/mol. The van der Waals surface area contributed by atoms with Gasteiger partial charge in [-0.15, -0.1) is 0 Å². The van der Waals surface area contributed by atoms with Crippen LogP contribution in [0.1, 0.15) is 34.6 Å². The first kappa shape index (κ1) is 14.2. The minimum absolute atomic E-state index is 0.00772. The molecule has 0 radical (unpaired) electrons. The molecule has 1 saturated heterocycles. The maximum absolute atomic E-state index is 6.11. The van der Waals surface area contributed by atoms with Gasteiger partial charge in [0, 0.05) is 5.60 Å². The van der Waals surface area contributed by atoms with Crippen molar-refractivity contribution in [1.82, 2.24) is 0 Å². The number of hydrogen-bond acceptors (Lipinski definition) is 3. The number of rotatable bonds is 7. The maximum Gasteiger partial charge on any atom is 0.179 e. The summed E-state index contributed by atoms with van der Waals surface area (Å²) < 4.78 is 17.0. The Balaban J connectivity index is 2.19. The van der Waals surface area contributed by atoms with E-state index < -0.39 is 9.04 Å². The van der Waals surface area contributed by atoms with Crippen molar-refractivity contribution in [2.75, 3.05) is 13.2 Å². The van der Waals surface area contributed by atoms with Crippen LogP contribution in [0.4, 0.5) is 0 Å². The van der Waals surface area contributed by atoms with E-state index in [9.17, 15) is 0 Å². The van der Waals surface area contributed by atoms with Crippen molar-refractivity contribution in [2.24, 2.45) is 0 Å². The van der Waals surface area contributed by atoms with Gasteiger partial charge in [0.2, 0.25) is 0 Å². The molecule has 0 aromatic rings. The molecule has 0 bridgehead atoms. The van der Waals surface area contributed by atoms with E-state index >= 15 is 0 Å². The summed E-state index contributed by atoms with van der Waals surface area (Å²) in [4.78, 5) is 0. The Bertz CT molecular complexity index is 199. The van der Waals surface area contributed by atoms with Crippen LogP contribution in [0.15, 0.2) is 0 Å². The quantitative estimate of drug-likeness (QED) is 0.510. The molecule has 0 aliphatic carbocycles. The Kier molecular flexibility index (Phi) is 5.44. The van der Waals surface area contributed by atoms with E-state index in [1.807, 2.05) is 0 Å². The van der Waals surface area contributed by atoms with Gasteiger partial charge in [0.1, 0.15) is 6.10 Å². The fraction of sp³-hybridized carbons (Fsp3) is 1.00. The Morgan fingerprint density at radius 2 is 2.06 bits per heavy atom. The minimum atomic E-state index is -1.10. The second-order valence-electron chi connectivity index (χ2n) is 5.60. The van der Waals surface area contributed by atoms with Crippen LogP contribution in [0.3, 0.4) is 0 Å². The Morgan fingerprint density at radius 3 is 2.50 bits per heavy atom. The second-order valence-corrected chi connectivity index (χ2v) is 8.36. The third kappa shape index (κ3) is 6.63. The molecule has 16 heavy (non-hydrogen) atoms. The predicted octanol–water partition coefficient (Wildman–Crippen LogP) is 2.35. The molecule has 1 aliphatic rings. The van der Waals surface area contributed by atoms with Crippen LogP contribution < -0.4 is 0 Å². The minimum Gasteiger partial charge on any atom is -0.415 e. The molecule has 0 aromatic heterocycles. The van der Waals surface area contributed by atoms with Crippen molar-refractivity contribution in [1.29, 1.82) is 0 Å². The van der Waals surface area contributed by atoms with Gasteiger partial charge < -0.3 is 13.9 Å². The van der Waals surface area contributed by atoms with Crippen LogP contribution in [0, 0.1) is 0 Å². The Hall–Kier alpha value is 0.0969. The van der Waals surface area contributed by atoms with Crippen molar-refractivity contribution in [3.63, 3.8) is 0 Å². The molecular formula is C12H26O3Si. The molecule has 0 aromatic carbocycles. The van der Waals surface area contributed by atoms with Gasteiger partial charge in [-0.1, -0.05) is 6.92 Å². The van der Waals surface area contributed by atoms with E-state index in [1.165, 1.54) is 6.04 Å².